The number of oxazole rings is 1. The van der Waals surface area contributed by atoms with Crippen LogP contribution in [0.25, 0.3) is 0 Å². The van der Waals surface area contributed by atoms with E-state index in [-0.39, 0.29) is 11.5 Å². The van der Waals surface area contributed by atoms with Crippen LogP contribution in [0.2, 0.25) is 0 Å². The monoisotopic (exact) mass is 368 g/mol. The summed E-state index contributed by atoms with van der Waals surface area (Å²) >= 11 is 0. The van der Waals surface area contributed by atoms with Gasteiger partial charge in [-0.25, -0.2) is 4.98 Å². The quantitative estimate of drug-likeness (QED) is 0.625. The Morgan fingerprint density at radius 1 is 1.22 bits per heavy atom. The molecule has 2 aromatic rings. The van der Waals surface area contributed by atoms with Crippen LogP contribution < -0.4 is 10.6 Å². The molecule has 1 aromatic heterocycles. The lowest BCUT2D eigenvalue weighted by atomic mass is 9.89. The minimum absolute atomic E-state index is 0.0356. The second kappa shape index (κ2) is 8.15. The lowest BCUT2D eigenvalue weighted by Gasteiger charge is -2.21. The summed E-state index contributed by atoms with van der Waals surface area (Å²) in [6.07, 6.45) is 6.84. The Labute approximate surface area is 162 Å². The number of nitrogens with zero attached hydrogens (tertiary/aromatic N) is 2. The number of nitrogens with one attached hydrogen (secondary N) is 2. The molecule has 1 unspecified atom stereocenters. The van der Waals surface area contributed by atoms with E-state index in [9.17, 15) is 0 Å². The van der Waals surface area contributed by atoms with Gasteiger partial charge in [-0.1, -0.05) is 39.0 Å². The maximum absolute atomic E-state index is 5.84. The highest BCUT2D eigenvalue weighted by Crippen LogP contribution is 2.25. The number of fused-ring (bicyclic) bond motifs is 1. The van der Waals surface area contributed by atoms with Gasteiger partial charge in [0.05, 0.1) is 18.8 Å². The van der Waals surface area contributed by atoms with E-state index in [0.29, 0.717) is 12.4 Å². The van der Waals surface area contributed by atoms with Crippen LogP contribution in [0, 0.1) is 0 Å². The summed E-state index contributed by atoms with van der Waals surface area (Å²) in [4.78, 5) is 8.70. The second-order valence-corrected chi connectivity index (χ2v) is 8.40. The minimum Gasteiger partial charge on any atom is -0.443 e. The van der Waals surface area contributed by atoms with Gasteiger partial charge in [0.1, 0.15) is 5.76 Å². The SMILES string of the molecule is CN=C(NCc1ncc(C(C)(C)C)o1)NC(C)c1ccc2c(c1)CCCC2. The Morgan fingerprint density at radius 2 is 1.96 bits per heavy atom. The summed E-state index contributed by atoms with van der Waals surface area (Å²) in [5.41, 5.74) is 4.28. The number of aryl methyl sites for hydroxylation is 2. The van der Waals surface area contributed by atoms with E-state index in [1.807, 2.05) is 6.20 Å². The Balaban J connectivity index is 1.59. The third-order valence-electron chi connectivity index (χ3n) is 5.15. The molecule has 1 aliphatic carbocycles. The predicted octanol–water partition coefficient (Wildman–Crippen LogP) is 4.28. The molecule has 146 valence electrons. The molecule has 0 fully saturated rings. The molecule has 0 spiro atoms. The van der Waals surface area contributed by atoms with Crippen molar-refractivity contribution < 1.29 is 4.42 Å². The molecule has 0 radical (unpaired) electrons. The molecule has 1 aromatic carbocycles. The number of rotatable bonds is 4. The molecule has 0 amide bonds. The second-order valence-electron chi connectivity index (χ2n) is 8.40. The van der Waals surface area contributed by atoms with E-state index in [1.54, 1.807) is 7.05 Å². The molecule has 0 saturated carbocycles. The van der Waals surface area contributed by atoms with Crippen LogP contribution >= 0.6 is 0 Å². The molecule has 3 rings (SSSR count). The fourth-order valence-electron chi connectivity index (χ4n) is 3.40. The van der Waals surface area contributed by atoms with Crippen LogP contribution in [0.5, 0.6) is 0 Å². The van der Waals surface area contributed by atoms with E-state index in [1.165, 1.54) is 42.4 Å². The van der Waals surface area contributed by atoms with Crippen LogP contribution in [0.3, 0.4) is 0 Å². The molecule has 0 aliphatic heterocycles. The number of benzene rings is 1. The van der Waals surface area contributed by atoms with Gasteiger partial charge in [-0.15, -0.1) is 0 Å². The number of hydrogen-bond donors (Lipinski definition) is 2. The number of guanidine groups is 1. The number of aliphatic imine (C=N–C) groups is 1. The average Bonchev–Trinajstić information content (AvgIpc) is 3.14. The first-order valence-electron chi connectivity index (χ1n) is 9.91. The van der Waals surface area contributed by atoms with Gasteiger partial charge in [0.2, 0.25) is 5.89 Å². The highest BCUT2D eigenvalue weighted by Gasteiger charge is 2.19. The van der Waals surface area contributed by atoms with Gasteiger partial charge in [-0.3, -0.25) is 4.99 Å². The zero-order valence-corrected chi connectivity index (χ0v) is 17.2. The Morgan fingerprint density at radius 3 is 2.63 bits per heavy atom. The fourth-order valence-corrected chi connectivity index (χ4v) is 3.40. The average molecular weight is 369 g/mol. The van der Waals surface area contributed by atoms with Crippen LogP contribution in [0.15, 0.2) is 33.8 Å². The molecule has 5 heteroatoms. The summed E-state index contributed by atoms with van der Waals surface area (Å²) < 4.78 is 5.84. The van der Waals surface area contributed by atoms with Gasteiger partial charge in [-0.05, 0) is 49.3 Å². The summed E-state index contributed by atoms with van der Waals surface area (Å²) in [6, 6.07) is 7.05. The maximum atomic E-state index is 5.84. The first-order valence-corrected chi connectivity index (χ1v) is 9.91. The van der Waals surface area contributed by atoms with E-state index >= 15 is 0 Å². The molecule has 1 atom stereocenters. The van der Waals surface area contributed by atoms with Gasteiger partial charge in [0.25, 0.3) is 0 Å². The van der Waals surface area contributed by atoms with Crippen molar-refractivity contribution in [1.82, 2.24) is 15.6 Å². The summed E-state index contributed by atoms with van der Waals surface area (Å²) in [6.45, 7) is 9.02. The fraction of sp³-hybridized carbons (Fsp3) is 0.545. The topological polar surface area (TPSA) is 62.5 Å². The van der Waals surface area contributed by atoms with Crippen molar-refractivity contribution >= 4 is 5.96 Å². The summed E-state index contributed by atoms with van der Waals surface area (Å²) in [5.74, 6) is 2.31. The number of hydrogen-bond acceptors (Lipinski definition) is 3. The van der Waals surface area contributed by atoms with Crippen LogP contribution in [0.4, 0.5) is 0 Å². The molecule has 1 aliphatic rings. The van der Waals surface area contributed by atoms with E-state index in [0.717, 1.165) is 11.7 Å². The summed E-state index contributed by atoms with van der Waals surface area (Å²) in [7, 11) is 1.78. The molecular weight excluding hydrogens is 336 g/mol. The van der Waals surface area contributed by atoms with Crippen molar-refractivity contribution in [2.24, 2.45) is 4.99 Å². The van der Waals surface area contributed by atoms with Gasteiger partial charge in [0.15, 0.2) is 5.96 Å². The molecule has 2 N–H and O–H groups in total. The van der Waals surface area contributed by atoms with Crippen molar-refractivity contribution in [2.75, 3.05) is 7.05 Å². The van der Waals surface area contributed by atoms with Gasteiger partial charge < -0.3 is 15.1 Å². The van der Waals surface area contributed by atoms with Crippen molar-refractivity contribution in [3.8, 4) is 0 Å². The minimum atomic E-state index is -0.0356. The van der Waals surface area contributed by atoms with Crippen molar-refractivity contribution in [2.45, 2.75) is 71.4 Å². The van der Waals surface area contributed by atoms with Crippen LogP contribution in [-0.4, -0.2) is 18.0 Å². The summed E-state index contributed by atoms with van der Waals surface area (Å²) in [5, 5.41) is 6.76. The third-order valence-corrected chi connectivity index (χ3v) is 5.15. The van der Waals surface area contributed by atoms with Crippen molar-refractivity contribution in [3.63, 3.8) is 0 Å². The highest BCUT2D eigenvalue weighted by atomic mass is 16.4. The van der Waals surface area contributed by atoms with Gasteiger partial charge >= 0.3 is 0 Å². The van der Waals surface area contributed by atoms with E-state index in [2.05, 4.69) is 66.5 Å². The zero-order valence-electron chi connectivity index (χ0n) is 17.2. The van der Waals surface area contributed by atoms with Gasteiger partial charge in [0, 0.05) is 12.5 Å². The molecule has 5 nitrogen and oxygen atoms in total. The molecule has 0 bridgehead atoms. The normalized spacial score (nSPS) is 16.0. The van der Waals surface area contributed by atoms with Crippen LogP contribution in [-0.2, 0) is 24.8 Å². The van der Waals surface area contributed by atoms with Gasteiger partial charge in [-0.2, -0.15) is 0 Å². The molecule has 1 heterocycles. The third kappa shape index (κ3) is 4.90. The maximum Gasteiger partial charge on any atom is 0.213 e. The first kappa shape index (κ1) is 19.5. The van der Waals surface area contributed by atoms with Crippen molar-refractivity contribution in [3.05, 3.63) is 52.7 Å². The molecule has 27 heavy (non-hydrogen) atoms. The molecular formula is C22H32N4O. The first-order chi connectivity index (χ1) is 12.9. The largest absolute Gasteiger partial charge is 0.443 e. The van der Waals surface area contributed by atoms with Crippen LogP contribution in [0.1, 0.15) is 74.9 Å². The predicted molar refractivity (Wildman–Crippen MR) is 110 cm³/mol. The highest BCUT2D eigenvalue weighted by molar-refractivity contribution is 5.80. The lowest BCUT2D eigenvalue weighted by molar-refractivity contribution is 0.379. The van der Waals surface area contributed by atoms with E-state index < -0.39 is 0 Å². The Kier molecular flexibility index (Phi) is 5.88. The Hall–Kier alpha value is -2.30. The Bertz CT molecular complexity index is 801. The number of aromatic nitrogens is 1. The smallest absolute Gasteiger partial charge is 0.213 e. The lowest BCUT2D eigenvalue weighted by Crippen LogP contribution is -2.38. The zero-order chi connectivity index (χ0) is 19.4. The van der Waals surface area contributed by atoms with E-state index in [4.69, 9.17) is 4.42 Å². The molecule has 0 saturated heterocycles. The standard InChI is InChI=1S/C22H32N4O/c1-15(17-11-10-16-8-6-7-9-18(16)12-17)26-21(23-5)25-14-20-24-13-19(27-20)22(2,3)4/h10-13,15H,6-9,14H2,1-5H3,(H2,23,25,26). The van der Waals surface area contributed by atoms with Crippen molar-refractivity contribution in [1.29, 1.82) is 0 Å².